The molecule has 2 rings (SSSR count). The number of halogens is 5. The van der Waals surface area contributed by atoms with Gasteiger partial charge in [-0.3, -0.25) is 0 Å². The molecule has 0 aromatic heterocycles. The molecule has 1 heterocycles. The van der Waals surface area contributed by atoms with Gasteiger partial charge in [0.2, 0.25) is 10.0 Å². The van der Waals surface area contributed by atoms with Crippen LogP contribution in [0.15, 0.2) is 23.1 Å². The molecule has 10 heteroatoms. The van der Waals surface area contributed by atoms with Gasteiger partial charge >= 0.3 is 6.18 Å². The Hall–Kier alpha value is -0.540. The molecule has 1 aliphatic heterocycles. The number of hydrogen-bond acceptors (Lipinski definition) is 3. The van der Waals surface area contributed by atoms with Crippen molar-refractivity contribution < 1.29 is 21.6 Å². The van der Waals surface area contributed by atoms with Gasteiger partial charge in [0.05, 0.1) is 10.6 Å². The molecular formula is C11H13Cl2F3N2O2S. The third-order valence-electron chi connectivity index (χ3n) is 2.93. The van der Waals surface area contributed by atoms with Crippen molar-refractivity contribution in [2.24, 2.45) is 0 Å². The Morgan fingerprint density at radius 1 is 1.33 bits per heavy atom. The summed E-state index contributed by atoms with van der Waals surface area (Å²) in [7, 11) is -4.08. The maximum absolute atomic E-state index is 12.6. The van der Waals surface area contributed by atoms with E-state index in [9.17, 15) is 21.6 Å². The zero-order valence-electron chi connectivity index (χ0n) is 10.6. The van der Waals surface area contributed by atoms with Gasteiger partial charge in [0.1, 0.15) is 4.90 Å². The van der Waals surface area contributed by atoms with Crippen molar-refractivity contribution in [1.29, 1.82) is 0 Å². The summed E-state index contributed by atoms with van der Waals surface area (Å²) in [6.45, 7) is 1.10. The molecule has 120 valence electrons. The van der Waals surface area contributed by atoms with Crippen molar-refractivity contribution in [3.05, 3.63) is 28.8 Å². The van der Waals surface area contributed by atoms with Crippen molar-refractivity contribution in [3.8, 4) is 0 Å². The third kappa shape index (κ3) is 4.46. The zero-order chi connectivity index (χ0) is 15.0. The Morgan fingerprint density at radius 3 is 2.52 bits per heavy atom. The van der Waals surface area contributed by atoms with E-state index in [0.717, 1.165) is 12.1 Å². The van der Waals surface area contributed by atoms with Crippen LogP contribution in [0.3, 0.4) is 0 Å². The Kier molecular flexibility index (Phi) is 5.91. The molecule has 0 radical (unpaired) electrons. The van der Waals surface area contributed by atoms with Gasteiger partial charge in [-0.05, 0) is 31.2 Å². The predicted octanol–water partition coefficient (Wildman–Crippen LogP) is 2.42. The number of hydrogen-bond donors (Lipinski definition) is 2. The second-order valence-corrected chi connectivity index (χ2v) is 6.54. The predicted molar refractivity (Wildman–Crippen MR) is 75.3 cm³/mol. The molecule has 1 saturated heterocycles. The SMILES string of the molecule is Cl.O=S(=O)(NC1CCNC1)c1cc(C(F)(F)F)ccc1Cl. The van der Waals surface area contributed by atoms with E-state index >= 15 is 0 Å². The fourth-order valence-electron chi connectivity index (χ4n) is 1.92. The lowest BCUT2D eigenvalue weighted by molar-refractivity contribution is -0.137. The fraction of sp³-hybridized carbons (Fsp3) is 0.455. The number of rotatable bonds is 3. The minimum Gasteiger partial charge on any atom is -0.315 e. The average Bonchev–Trinajstić information content (AvgIpc) is 2.79. The van der Waals surface area contributed by atoms with Gasteiger partial charge in [0.25, 0.3) is 0 Å². The highest BCUT2D eigenvalue weighted by molar-refractivity contribution is 7.89. The molecule has 1 aliphatic rings. The normalized spacial score (nSPS) is 19.3. The molecule has 0 aliphatic carbocycles. The van der Waals surface area contributed by atoms with E-state index in [2.05, 4.69) is 10.0 Å². The van der Waals surface area contributed by atoms with Gasteiger partial charge < -0.3 is 5.32 Å². The maximum atomic E-state index is 12.6. The maximum Gasteiger partial charge on any atom is 0.416 e. The van der Waals surface area contributed by atoms with Crippen LogP contribution in [0.5, 0.6) is 0 Å². The Balaban J connectivity index is 0.00000220. The highest BCUT2D eigenvalue weighted by Gasteiger charge is 2.33. The van der Waals surface area contributed by atoms with Crippen LogP contribution in [-0.2, 0) is 16.2 Å². The smallest absolute Gasteiger partial charge is 0.315 e. The van der Waals surface area contributed by atoms with Gasteiger partial charge in [-0.15, -0.1) is 12.4 Å². The van der Waals surface area contributed by atoms with E-state index in [0.29, 0.717) is 25.6 Å². The highest BCUT2D eigenvalue weighted by Crippen LogP contribution is 2.33. The van der Waals surface area contributed by atoms with Crippen molar-refractivity contribution in [2.45, 2.75) is 23.5 Å². The summed E-state index contributed by atoms with van der Waals surface area (Å²) in [5, 5.41) is 2.72. The third-order valence-corrected chi connectivity index (χ3v) is 4.93. The van der Waals surface area contributed by atoms with E-state index in [1.807, 2.05) is 0 Å². The van der Waals surface area contributed by atoms with E-state index < -0.39 is 26.7 Å². The van der Waals surface area contributed by atoms with Crippen molar-refractivity contribution in [1.82, 2.24) is 10.0 Å². The van der Waals surface area contributed by atoms with Crippen LogP contribution in [0.4, 0.5) is 13.2 Å². The molecule has 0 saturated carbocycles. The van der Waals surface area contributed by atoms with Crippen LogP contribution in [0.25, 0.3) is 0 Å². The van der Waals surface area contributed by atoms with Gasteiger partial charge in [0.15, 0.2) is 0 Å². The first-order valence-corrected chi connectivity index (χ1v) is 7.66. The Morgan fingerprint density at radius 2 is 2.00 bits per heavy atom. The van der Waals surface area contributed by atoms with Crippen LogP contribution < -0.4 is 10.0 Å². The molecule has 0 bridgehead atoms. The second-order valence-electron chi connectivity index (χ2n) is 4.45. The molecule has 1 aromatic carbocycles. The molecule has 21 heavy (non-hydrogen) atoms. The largest absolute Gasteiger partial charge is 0.416 e. The molecule has 1 unspecified atom stereocenters. The van der Waals surface area contributed by atoms with Gasteiger partial charge in [-0.2, -0.15) is 13.2 Å². The first-order chi connectivity index (χ1) is 9.20. The van der Waals surface area contributed by atoms with Gasteiger partial charge in [0, 0.05) is 12.6 Å². The molecule has 1 fully saturated rings. The lowest BCUT2D eigenvalue weighted by Gasteiger charge is -2.14. The van der Waals surface area contributed by atoms with Gasteiger partial charge in [-0.1, -0.05) is 11.6 Å². The molecule has 0 amide bonds. The summed E-state index contributed by atoms with van der Waals surface area (Å²) in [5.74, 6) is 0. The summed E-state index contributed by atoms with van der Waals surface area (Å²) in [5.41, 5.74) is -1.05. The van der Waals surface area contributed by atoms with Crippen molar-refractivity contribution in [3.63, 3.8) is 0 Å². The molecule has 1 aromatic rings. The van der Waals surface area contributed by atoms with E-state index in [4.69, 9.17) is 11.6 Å². The van der Waals surface area contributed by atoms with Crippen LogP contribution >= 0.6 is 24.0 Å². The minimum atomic E-state index is -4.62. The van der Waals surface area contributed by atoms with E-state index in [-0.39, 0.29) is 23.5 Å². The fourth-order valence-corrected chi connectivity index (χ4v) is 3.72. The summed E-state index contributed by atoms with van der Waals surface area (Å²) < 4.78 is 64.4. The van der Waals surface area contributed by atoms with E-state index in [1.54, 1.807) is 0 Å². The van der Waals surface area contributed by atoms with E-state index in [1.165, 1.54) is 0 Å². The van der Waals surface area contributed by atoms with Crippen LogP contribution in [-0.4, -0.2) is 27.5 Å². The first-order valence-electron chi connectivity index (χ1n) is 5.80. The number of alkyl halides is 3. The molecule has 2 N–H and O–H groups in total. The Labute approximate surface area is 131 Å². The average molecular weight is 365 g/mol. The quantitative estimate of drug-likeness (QED) is 0.865. The topological polar surface area (TPSA) is 58.2 Å². The molecule has 4 nitrogen and oxygen atoms in total. The highest BCUT2D eigenvalue weighted by atomic mass is 35.5. The first kappa shape index (κ1) is 18.5. The monoisotopic (exact) mass is 364 g/mol. The summed E-state index contributed by atoms with van der Waals surface area (Å²) >= 11 is 5.71. The standard InChI is InChI=1S/C11H12ClF3N2O2S.ClH/c12-9-2-1-7(11(13,14)15)5-10(9)20(18,19)17-8-3-4-16-6-8;/h1-2,5,8,16-17H,3-4,6H2;1H. The Bertz CT molecular complexity index is 602. The second kappa shape index (κ2) is 6.70. The molecular weight excluding hydrogens is 352 g/mol. The van der Waals surface area contributed by atoms with Crippen LogP contribution in [0.2, 0.25) is 5.02 Å². The van der Waals surface area contributed by atoms with Crippen molar-refractivity contribution in [2.75, 3.05) is 13.1 Å². The number of sulfonamides is 1. The molecule has 0 spiro atoms. The lowest BCUT2D eigenvalue weighted by atomic mass is 10.2. The summed E-state index contributed by atoms with van der Waals surface area (Å²) in [6.07, 6.45) is -4.04. The van der Waals surface area contributed by atoms with Gasteiger partial charge in [-0.25, -0.2) is 13.1 Å². The van der Waals surface area contributed by atoms with Crippen LogP contribution in [0, 0.1) is 0 Å². The minimum absolute atomic E-state index is 0. The summed E-state index contributed by atoms with van der Waals surface area (Å²) in [4.78, 5) is -0.555. The number of nitrogens with one attached hydrogen (secondary N) is 2. The lowest BCUT2D eigenvalue weighted by Crippen LogP contribution is -2.36. The zero-order valence-corrected chi connectivity index (χ0v) is 13.0. The summed E-state index contributed by atoms with van der Waals surface area (Å²) in [6, 6.07) is 1.89. The van der Waals surface area contributed by atoms with Crippen molar-refractivity contribution >= 4 is 34.0 Å². The van der Waals surface area contributed by atoms with Crippen LogP contribution in [0.1, 0.15) is 12.0 Å². The molecule has 1 atom stereocenters. The number of benzene rings is 1.